The molecule has 146 valence electrons. The number of fused-ring (bicyclic) bond motifs is 3. The number of benzene rings is 2. The molecule has 28 heavy (non-hydrogen) atoms. The van der Waals surface area contributed by atoms with Gasteiger partial charge in [0.15, 0.2) is 6.61 Å². The molecule has 0 aliphatic carbocycles. The second kappa shape index (κ2) is 8.12. The Hall–Kier alpha value is -3.35. The summed E-state index contributed by atoms with van der Waals surface area (Å²) in [5.74, 6) is -1.48. The lowest BCUT2D eigenvalue weighted by molar-refractivity contribution is -0.143. The highest BCUT2D eigenvalue weighted by Gasteiger charge is 2.25. The zero-order chi connectivity index (χ0) is 20.3. The first-order chi connectivity index (χ1) is 13.4. The van der Waals surface area contributed by atoms with Crippen molar-refractivity contribution in [2.75, 3.05) is 6.61 Å². The van der Waals surface area contributed by atoms with Gasteiger partial charge in [-0.25, -0.2) is 9.59 Å². The topological polar surface area (TPSA) is 106 Å². The van der Waals surface area contributed by atoms with Gasteiger partial charge in [0.2, 0.25) is 0 Å². The van der Waals surface area contributed by atoms with Crippen molar-refractivity contribution in [2.45, 2.75) is 26.3 Å². The number of aliphatic carboxylic acids is 1. The SMILES string of the molecule is CCC(C)C(NC(=O)COc1ccc2c(c1)oc(=O)c1ccccc12)C(=O)O. The van der Waals surface area contributed by atoms with E-state index in [1.54, 1.807) is 37.3 Å². The largest absolute Gasteiger partial charge is 0.484 e. The van der Waals surface area contributed by atoms with Crippen molar-refractivity contribution in [1.29, 1.82) is 0 Å². The molecule has 1 aromatic heterocycles. The molecule has 0 aliphatic heterocycles. The number of carboxylic acid groups (broad SMARTS) is 1. The van der Waals surface area contributed by atoms with Crippen LogP contribution in [0.25, 0.3) is 21.7 Å². The Morgan fingerprint density at radius 3 is 2.54 bits per heavy atom. The first-order valence-electron chi connectivity index (χ1n) is 9.01. The van der Waals surface area contributed by atoms with Gasteiger partial charge in [-0.05, 0) is 29.5 Å². The van der Waals surface area contributed by atoms with E-state index in [1.165, 1.54) is 0 Å². The number of hydrogen-bond donors (Lipinski definition) is 2. The molecule has 2 aromatic carbocycles. The molecule has 0 fully saturated rings. The van der Waals surface area contributed by atoms with Crippen molar-refractivity contribution in [1.82, 2.24) is 5.32 Å². The molecule has 7 nitrogen and oxygen atoms in total. The highest BCUT2D eigenvalue weighted by atomic mass is 16.5. The molecule has 0 radical (unpaired) electrons. The molecule has 0 spiro atoms. The Labute approximate surface area is 160 Å². The highest BCUT2D eigenvalue weighted by molar-refractivity contribution is 6.04. The molecule has 0 bridgehead atoms. The highest BCUT2D eigenvalue weighted by Crippen LogP contribution is 2.26. The summed E-state index contributed by atoms with van der Waals surface area (Å²) in [6.07, 6.45) is 0.621. The number of hydrogen-bond acceptors (Lipinski definition) is 5. The number of nitrogens with one attached hydrogen (secondary N) is 1. The predicted octanol–water partition coefficient (Wildman–Crippen LogP) is 2.94. The van der Waals surface area contributed by atoms with Crippen molar-refractivity contribution >= 4 is 33.6 Å². The third kappa shape index (κ3) is 3.98. The normalized spacial score (nSPS) is 13.2. The van der Waals surface area contributed by atoms with Gasteiger partial charge in [-0.2, -0.15) is 0 Å². The fraction of sp³-hybridized carbons (Fsp3) is 0.286. The Morgan fingerprint density at radius 1 is 1.14 bits per heavy atom. The number of amides is 1. The van der Waals surface area contributed by atoms with E-state index < -0.39 is 23.5 Å². The van der Waals surface area contributed by atoms with Crippen LogP contribution in [0.15, 0.2) is 51.7 Å². The van der Waals surface area contributed by atoms with Crippen molar-refractivity contribution < 1.29 is 23.8 Å². The van der Waals surface area contributed by atoms with Crippen LogP contribution < -0.4 is 15.7 Å². The van der Waals surface area contributed by atoms with E-state index >= 15 is 0 Å². The number of rotatable bonds is 7. The van der Waals surface area contributed by atoms with Crippen LogP contribution in [0.5, 0.6) is 5.75 Å². The second-order valence-corrected chi connectivity index (χ2v) is 6.65. The van der Waals surface area contributed by atoms with Gasteiger partial charge in [-0.15, -0.1) is 0 Å². The minimum absolute atomic E-state index is 0.204. The van der Waals surface area contributed by atoms with Gasteiger partial charge in [0, 0.05) is 11.5 Å². The third-order valence-electron chi connectivity index (χ3n) is 4.76. The van der Waals surface area contributed by atoms with Crippen LogP contribution in [0.1, 0.15) is 20.3 Å². The van der Waals surface area contributed by atoms with Gasteiger partial charge in [-0.1, -0.05) is 38.5 Å². The van der Waals surface area contributed by atoms with E-state index in [-0.39, 0.29) is 12.5 Å². The second-order valence-electron chi connectivity index (χ2n) is 6.65. The molecule has 7 heteroatoms. The molecule has 1 heterocycles. The van der Waals surface area contributed by atoms with Crippen molar-refractivity contribution in [3.05, 3.63) is 52.9 Å². The van der Waals surface area contributed by atoms with Crippen LogP contribution in [-0.2, 0) is 9.59 Å². The maximum absolute atomic E-state index is 12.1. The monoisotopic (exact) mass is 383 g/mol. The summed E-state index contributed by atoms with van der Waals surface area (Å²) in [5, 5.41) is 13.7. The van der Waals surface area contributed by atoms with E-state index in [0.29, 0.717) is 23.1 Å². The Bertz CT molecular complexity index is 1090. The van der Waals surface area contributed by atoms with Crippen LogP contribution in [0, 0.1) is 5.92 Å². The van der Waals surface area contributed by atoms with Crippen LogP contribution in [0.2, 0.25) is 0 Å². The van der Waals surface area contributed by atoms with Gasteiger partial charge >= 0.3 is 11.6 Å². The summed E-state index contributed by atoms with van der Waals surface area (Å²) in [5.41, 5.74) is -0.0968. The summed E-state index contributed by atoms with van der Waals surface area (Å²) in [4.78, 5) is 35.5. The number of carboxylic acids is 1. The van der Waals surface area contributed by atoms with Crippen molar-refractivity contribution in [3.8, 4) is 5.75 Å². The van der Waals surface area contributed by atoms with Gasteiger partial charge in [-0.3, -0.25) is 4.79 Å². The lowest BCUT2D eigenvalue weighted by atomic mass is 9.99. The number of carbonyl (C=O) groups excluding carboxylic acids is 1. The molecule has 1 amide bonds. The minimum Gasteiger partial charge on any atom is -0.484 e. The molecule has 0 aliphatic rings. The average molecular weight is 383 g/mol. The summed E-state index contributed by atoms with van der Waals surface area (Å²) in [7, 11) is 0. The molecule has 2 atom stereocenters. The van der Waals surface area contributed by atoms with Gasteiger partial charge in [0.1, 0.15) is 17.4 Å². The van der Waals surface area contributed by atoms with Gasteiger partial charge in [0.05, 0.1) is 5.39 Å². The zero-order valence-corrected chi connectivity index (χ0v) is 15.6. The van der Waals surface area contributed by atoms with E-state index in [2.05, 4.69) is 5.32 Å². The predicted molar refractivity (Wildman–Crippen MR) is 105 cm³/mol. The van der Waals surface area contributed by atoms with Crippen LogP contribution in [0.4, 0.5) is 0 Å². The maximum Gasteiger partial charge on any atom is 0.344 e. The lowest BCUT2D eigenvalue weighted by Crippen LogP contribution is -2.46. The summed E-state index contributed by atoms with van der Waals surface area (Å²) in [6, 6.07) is 11.1. The molecular formula is C21H21NO6. The van der Waals surface area contributed by atoms with Crippen molar-refractivity contribution in [3.63, 3.8) is 0 Å². The van der Waals surface area contributed by atoms with Crippen LogP contribution in [-0.4, -0.2) is 29.6 Å². The Morgan fingerprint density at radius 2 is 1.86 bits per heavy atom. The van der Waals surface area contributed by atoms with E-state index in [9.17, 15) is 19.5 Å². The van der Waals surface area contributed by atoms with Gasteiger partial charge in [0.25, 0.3) is 5.91 Å². The number of ether oxygens (including phenoxy) is 1. The average Bonchev–Trinajstić information content (AvgIpc) is 2.69. The molecule has 2 N–H and O–H groups in total. The van der Waals surface area contributed by atoms with Gasteiger partial charge < -0.3 is 19.6 Å². The van der Waals surface area contributed by atoms with E-state index in [4.69, 9.17) is 9.15 Å². The minimum atomic E-state index is -1.08. The zero-order valence-electron chi connectivity index (χ0n) is 15.6. The fourth-order valence-electron chi connectivity index (χ4n) is 3.00. The molecule has 0 saturated heterocycles. The summed E-state index contributed by atoms with van der Waals surface area (Å²) < 4.78 is 10.8. The molecule has 3 aromatic rings. The molecule has 3 rings (SSSR count). The smallest absolute Gasteiger partial charge is 0.344 e. The van der Waals surface area contributed by atoms with Crippen molar-refractivity contribution in [2.24, 2.45) is 5.92 Å². The van der Waals surface area contributed by atoms with Crippen LogP contribution >= 0.6 is 0 Å². The third-order valence-corrected chi connectivity index (χ3v) is 4.76. The Kier molecular flexibility index (Phi) is 5.63. The fourth-order valence-corrected chi connectivity index (χ4v) is 3.00. The first kappa shape index (κ1) is 19.4. The van der Waals surface area contributed by atoms with E-state index in [1.807, 2.05) is 19.1 Å². The first-order valence-corrected chi connectivity index (χ1v) is 9.01. The van der Waals surface area contributed by atoms with Crippen LogP contribution in [0.3, 0.4) is 0 Å². The standard InChI is InChI=1S/C21H21NO6/c1-3-12(2)19(20(24)25)22-18(23)11-27-13-8-9-15-14-6-4-5-7-16(14)21(26)28-17(15)10-13/h4-10,12,19H,3,11H2,1-2H3,(H,22,23)(H,24,25). The van der Waals surface area contributed by atoms with E-state index in [0.717, 1.165) is 10.8 Å². The maximum atomic E-state index is 12.1. The molecular weight excluding hydrogens is 362 g/mol. The molecule has 2 unspecified atom stereocenters. The lowest BCUT2D eigenvalue weighted by Gasteiger charge is -2.20. The summed E-state index contributed by atoms with van der Waals surface area (Å²) in [6.45, 7) is 3.27. The Balaban J connectivity index is 1.76. The summed E-state index contributed by atoms with van der Waals surface area (Å²) >= 11 is 0. The number of carbonyl (C=O) groups is 2. The molecule has 0 saturated carbocycles. The quantitative estimate of drug-likeness (QED) is 0.480.